The zero-order valence-corrected chi connectivity index (χ0v) is 48.5. The van der Waals surface area contributed by atoms with E-state index in [0.29, 0.717) is 85.1 Å². The molecule has 0 aromatic carbocycles. The fourth-order valence-corrected chi connectivity index (χ4v) is 9.89. The number of likely N-dealkylation sites (tertiary alicyclic amines) is 2. The van der Waals surface area contributed by atoms with E-state index in [9.17, 15) is 14.4 Å². The third-order valence-electron chi connectivity index (χ3n) is 14.6. The minimum Gasteiger partial charge on any atom is -0.466 e. The Balaban J connectivity index is 1.70. The lowest BCUT2D eigenvalue weighted by molar-refractivity contribution is -0.159. The third-order valence-corrected chi connectivity index (χ3v) is 14.6. The zero-order chi connectivity index (χ0) is 53.2. The number of esters is 3. The van der Waals surface area contributed by atoms with Gasteiger partial charge >= 0.3 is 17.9 Å². The maximum Gasteiger partial charge on any atom is 0.323 e. The maximum atomic E-state index is 13.5. The molecular formula is C61H116N2O11. The van der Waals surface area contributed by atoms with Crippen LogP contribution in [-0.4, -0.2) is 138 Å². The molecule has 13 nitrogen and oxygen atoms in total. The van der Waals surface area contributed by atoms with Gasteiger partial charge in [-0.25, -0.2) is 0 Å². The highest BCUT2D eigenvalue weighted by Gasteiger charge is 2.38. The first-order valence-corrected chi connectivity index (χ1v) is 31.4. The Hall–Kier alpha value is -1.87. The standard InChI is InChI=1S/C61H116N2O11/c1-5-9-13-17-22-32-49-72-60(73-50-33-23-18-14-10-6-2)40-38-58(65)69-46-35-28-44-63-54-55(67-52-36-43-62-41-26-27-42-62)53-56(63)61(66)74-51-34-25-19-24-29-45-68-57(64)37-39-59(70-47-30-20-15-11-7-3)71-48-31-21-16-12-8-4/h55-56,59-60H,5-54H2,1-4H3. The molecule has 0 N–H and O–H groups in total. The van der Waals surface area contributed by atoms with Crippen molar-refractivity contribution in [2.45, 2.75) is 290 Å². The van der Waals surface area contributed by atoms with Crippen molar-refractivity contribution in [3.63, 3.8) is 0 Å². The van der Waals surface area contributed by atoms with Gasteiger partial charge in [0, 0.05) is 65.4 Å². The van der Waals surface area contributed by atoms with Crippen molar-refractivity contribution in [2.75, 3.05) is 85.6 Å². The number of rotatable bonds is 55. The molecule has 0 spiro atoms. The topological polar surface area (TPSA) is 132 Å². The summed E-state index contributed by atoms with van der Waals surface area (Å²) in [6, 6.07) is -0.333. The minimum absolute atomic E-state index is 0.00383. The molecule has 2 unspecified atom stereocenters. The van der Waals surface area contributed by atoms with Crippen LogP contribution in [0.25, 0.3) is 0 Å². The van der Waals surface area contributed by atoms with E-state index in [-0.39, 0.29) is 49.1 Å². The molecule has 0 saturated carbocycles. The van der Waals surface area contributed by atoms with Crippen molar-refractivity contribution < 1.29 is 52.3 Å². The van der Waals surface area contributed by atoms with Gasteiger partial charge in [-0.05, 0) is 90.3 Å². The quantitative estimate of drug-likeness (QED) is 0.0248. The van der Waals surface area contributed by atoms with E-state index in [4.69, 9.17) is 37.9 Å². The van der Waals surface area contributed by atoms with Crippen molar-refractivity contribution >= 4 is 17.9 Å². The molecule has 2 saturated heterocycles. The molecule has 2 rings (SSSR count). The van der Waals surface area contributed by atoms with Gasteiger partial charge in [-0.3, -0.25) is 19.3 Å². The van der Waals surface area contributed by atoms with E-state index in [0.717, 1.165) is 116 Å². The van der Waals surface area contributed by atoms with Gasteiger partial charge in [0.2, 0.25) is 0 Å². The maximum absolute atomic E-state index is 13.5. The fraction of sp³-hybridized carbons (Fsp3) is 0.951. The first kappa shape index (κ1) is 68.2. The van der Waals surface area contributed by atoms with E-state index < -0.39 is 0 Å². The highest BCUT2D eigenvalue weighted by Crippen LogP contribution is 2.24. The van der Waals surface area contributed by atoms with E-state index in [1.807, 2.05) is 0 Å². The number of ether oxygens (including phenoxy) is 8. The smallest absolute Gasteiger partial charge is 0.323 e. The second kappa shape index (κ2) is 50.6. The van der Waals surface area contributed by atoms with Crippen LogP contribution in [-0.2, 0) is 52.3 Å². The van der Waals surface area contributed by atoms with Crippen LogP contribution in [0, 0.1) is 0 Å². The Labute approximate surface area is 454 Å². The van der Waals surface area contributed by atoms with Gasteiger partial charge in [-0.1, -0.05) is 163 Å². The summed E-state index contributed by atoms with van der Waals surface area (Å²) in [6.45, 7) is 18.3. The molecular weight excluding hydrogens is 937 g/mol. The van der Waals surface area contributed by atoms with Crippen LogP contribution < -0.4 is 0 Å². The summed E-state index contributed by atoms with van der Waals surface area (Å²) in [7, 11) is 0. The van der Waals surface area contributed by atoms with Crippen LogP contribution >= 0.6 is 0 Å². The van der Waals surface area contributed by atoms with Gasteiger partial charge in [-0.2, -0.15) is 0 Å². The Morgan fingerprint density at radius 1 is 0.419 bits per heavy atom. The average molecular weight is 1050 g/mol. The fourth-order valence-electron chi connectivity index (χ4n) is 9.89. The van der Waals surface area contributed by atoms with Crippen LogP contribution in [0.3, 0.4) is 0 Å². The van der Waals surface area contributed by atoms with Crippen LogP contribution in [0.1, 0.15) is 265 Å². The molecule has 0 aromatic heterocycles. The monoisotopic (exact) mass is 1050 g/mol. The Bertz CT molecular complexity index is 1240. The van der Waals surface area contributed by atoms with Gasteiger partial charge in [0.05, 0.1) is 38.8 Å². The second-order valence-corrected chi connectivity index (χ2v) is 21.5. The van der Waals surface area contributed by atoms with Gasteiger partial charge in [0.1, 0.15) is 6.04 Å². The lowest BCUT2D eigenvalue weighted by Crippen LogP contribution is -2.38. The lowest BCUT2D eigenvalue weighted by atomic mass is 10.1. The Morgan fingerprint density at radius 2 is 0.797 bits per heavy atom. The molecule has 74 heavy (non-hydrogen) atoms. The van der Waals surface area contributed by atoms with E-state index in [1.165, 1.54) is 116 Å². The van der Waals surface area contributed by atoms with E-state index >= 15 is 0 Å². The molecule has 2 aliphatic rings. The van der Waals surface area contributed by atoms with Crippen LogP contribution in [0.15, 0.2) is 0 Å². The molecule has 2 heterocycles. The molecule has 2 aliphatic heterocycles. The van der Waals surface area contributed by atoms with Crippen molar-refractivity contribution in [2.24, 2.45) is 0 Å². The highest BCUT2D eigenvalue weighted by atomic mass is 16.7. The molecule has 2 fully saturated rings. The van der Waals surface area contributed by atoms with Crippen molar-refractivity contribution in [3.05, 3.63) is 0 Å². The molecule has 2 atom stereocenters. The molecule has 0 radical (unpaired) electrons. The predicted octanol–water partition coefficient (Wildman–Crippen LogP) is 14.2. The number of nitrogens with zero attached hydrogens (tertiary/aromatic N) is 2. The molecule has 0 aliphatic carbocycles. The highest BCUT2D eigenvalue weighted by molar-refractivity contribution is 5.76. The SMILES string of the molecule is CCCCCCCCOC(CCC(=O)OCCCCN1CC(OCCCN2CCCC2)CC1C(=O)OCCCCCCCOC(=O)CCC(OCCCCCCC)OCCCCCCC)OCCCCCCCC. The first-order chi connectivity index (χ1) is 36.4. The molecule has 0 bridgehead atoms. The number of carbonyl (C=O) groups excluding carboxylic acids is 3. The second-order valence-electron chi connectivity index (χ2n) is 21.5. The van der Waals surface area contributed by atoms with Crippen LogP contribution in [0.5, 0.6) is 0 Å². The Kier molecular flexibility index (Phi) is 46.7. The summed E-state index contributed by atoms with van der Waals surface area (Å²) in [6.07, 6.45) is 37.4. The van der Waals surface area contributed by atoms with Crippen molar-refractivity contribution in [1.82, 2.24) is 9.80 Å². The van der Waals surface area contributed by atoms with Gasteiger partial charge < -0.3 is 42.8 Å². The van der Waals surface area contributed by atoms with Crippen LogP contribution in [0.2, 0.25) is 0 Å². The average Bonchev–Trinajstić information content (AvgIpc) is 4.09. The third kappa shape index (κ3) is 39.5. The Morgan fingerprint density at radius 3 is 1.23 bits per heavy atom. The number of hydrogen-bond acceptors (Lipinski definition) is 13. The molecule has 13 heteroatoms. The van der Waals surface area contributed by atoms with Crippen molar-refractivity contribution in [1.29, 1.82) is 0 Å². The predicted molar refractivity (Wildman–Crippen MR) is 299 cm³/mol. The number of hydrogen-bond donors (Lipinski definition) is 0. The number of carbonyl (C=O) groups is 3. The summed E-state index contributed by atoms with van der Waals surface area (Å²) in [5.41, 5.74) is 0. The summed E-state index contributed by atoms with van der Waals surface area (Å²) >= 11 is 0. The van der Waals surface area contributed by atoms with E-state index in [2.05, 4.69) is 37.5 Å². The van der Waals surface area contributed by atoms with Gasteiger partial charge in [0.25, 0.3) is 0 Å². The normalized spacial score (nSPS) is 16.3. The summed E-state index contributed by atoms with van der Waals surface area (Å²) in [5, 5.41) is 0. The van der Waals surface area contributed by atoms with E-state index in [1.54, 1.807) is 0 Å². The minimum atomic E-state index is -0.375. The van der Waals surface area contributed by atoms with Crippen molar-refractivity contribution in [3.8, 4) is 0 Å². The lowest BCUT2D eigenvalue weighted by Gasteiger charge is -2.22. The van der Waals surface area contributed by atoms with Gasteiger partial charge in [0.15, 0.2) is 12.6 Å². The van der Waals surface area contributed by atoms with Gasteiger partial charge in [-0.15, -0.1) is 0 Å². The molecule has 0 amide bonds. The zero-order valence-electron chi connectivity index (χ0n) is 48.5. The van der Waals surface area contributed by atoms with Crippen LogP contribution in [0.4, 0.5) is 0 Å². The summed E-state index contributed by atoms with van der Waals surface area (Å²) < 4.78 is 47.9. The molecule has 0 aromatic rings. The first-order valence-electron chi connectivity index (χ1n) is 31.4. The largest absolute Gasteiger partial charge is 0.466 e. The molecule has 436 valence electrons. The number of unbranched alkanes of at least 4 members (excludes halogenated alkanes) is 23. The summed E-state index contributed by atoms with van der Waals surface area (Å²) in [4.78, 5) is 43.7. The summed E-state index contributed by atoms with van der Waals surface area (Å²) in [5.74, 6) is -0.577.